The summed E-state index contributed by atoms with van der Waals surface area (Å²) in [5.41, 5.74) is 0.903. The van der Waals surface area contributed by atoms with E-state index in [-0.39, 0.29) is 5.69 Å². The van der Waals surface area contributed by atoms with Gasteiger partial charge in [-0.15, -0.1) is 0 Å². The largest absolute Gasteiger partial charge is 0.480 e. The van der Waals surface area contributed by atoms with E-state index < -0.39 is 24.5 Å². The Morgan fingerprint density at radius 1 is 1.62 bits per heavy atom. The van der Waals surface area contributed by atoms with Crippen LogP contribution in [0.2, 0.25) is 0 Å². The van der Waals surface area contributed by atoms with Crippen LogP contribution in [0.4, 0.5) is 0 Å². The Hall–Kier alpha value is -1.89. The van der Waals surface area contributed by atoms with Crippen LogP contribution in [-0.4, -0.2) is 44.5 Å². The second-order valence-corrected chi connectivity index (χ2v) is 3.34. The van der Waals surface area contributed by atoms with Crippen LogP contribution in [0.1, 0.15) is 16.2 Å². The van der Waals surface area contributed by atoms with Crippen LogP contribution in [0.5, 0.6) is 0 Å². The average Bonchev–Trinajstić information content (AvgIpc) is 2.53. The SMILES string of the molecule is Cc1cc(C(=O)NC(CO)C(=O)O)n(C)n1. The van der Waals surface area contributed by atoms with Crippen LogP contribution >= 0.6 is 0 Å². The van der Waals surface area contributed by atoms with Crippen LogP contribution in [0.25, 0.3) is 0 Å². The number of hydrogen-bond donors (Lipinski definition) is 3. The standard InChI is InChI=1S/C9H13N3O4/c1-5-3-7(12(2)11-5)8(14)10-6(4-13)9(15)16/h3,6,13H,4H2,1-2H3,(H,10,14)(H,15,16). The number of carboxylic acids is 1. The molecule has 1 rings (SSSR count). The maximum atomic E-state index is 11.6. The number of hydrogen-bond acceptors (Lipinski definition) is 4. The Labute approximate surface area is 91.7 Å². The van der Waals surface area contributed by atoms with Crippen molar-refractivity contribution in [3.8, 4) is 0 Å². The first-order valence-corrected chi connectivity index (χ1v) is 4.61. The van der Waals surface area contributed by atoms with Crippen molar-refractivity contribution < 1.29 is 19.8 Å². The van der Waals surface area contributed by atoms with E-state index in [4.69, 9.17) is 10.2 Å². The third kappa shape index (κ3) is 2.57. The number of nitrogens with zero attached hydrogens (tertiary/aromatic N) is 2. The van der Waals surface area contributed by atoms with Crippen LogP contribution in [0.15, 0.2) is 6.07 Å². The lowest BCUT2D eigenvalue weighted by atomic mass is 10.3. The molecule has 0 fully saturated rings. The summed E-state index contributed by atoms with van der Waals surface area (Å²) in [6.07, 6.45) is 0. The van der Waals surface area contributed by atoms with Gasteiger partial charge in [0.05, 0.1) is 12.3 Å². The van der Waals surface area contributed by atoms with Crippen molar-refractivity contribution >= 4 is 11.9 Å². The van der Waals surface area contributed by atoms with Gasteiger partial charge < -0.3 is 15.5 Å². The fraction of sp³-hybridized carbons (Fsp3) is 0.444. The first-order valence-electron chi connectivity index (χ1n) is 4.61. The molecule has 88 valence electrons. The van der Waals surface area contributed by atoms with E-state index in [9.17, 15) is 9.59 Å². The molecule has 0 bridgehead atoms. The third-order valence-electron chi connectivity index (χ3n) is 2.02. The van der Waals surface area contributed by atoms with Crippen molar-refractivity contribution in [2.45, 2.75) is 13.0 Å². The Bertz CT molecular complexity index is 413. The van der Waals surface area contributed by atoms with Crippen molar-refractivity contribution in [1.82, 2.24) is 15.1 Å². The quantitative estimate of drug-likeness (QED) is 0.606. The monoisotopic (exact) mass is 227 g/mol. The average molecular weight is 227 g/mol. The number of aromatic nitrogens is 2. The van der Waals surface area contributed by atoms with Gasteiger partial charge in [0.15, 0.2) is 6.04 Å². The lowest BCUT2D eigenvalue weighted by molar-refractivity contribution is -0.140. The van der Waals surface area contributed by atoms with Gasteiger partial charge in [0.25, 0.3) is 5.91 Å². The molecular formula is C9H13N3O4. The second-order valence-electron chi connectivity index (χ2n) is 3.34. The van der Waals surface area contributed by atoms with Crippen LogP contribution < -0.4 is 5.32 Å². The zero-order chi connectivity index (χ0) is 12.3. The highest BCUT2D eigenvalue weighted by Gasteiger charge is 2.21. The van der Waals surface area contributed by atoms with E-state index >= 15 is 0 Å². The Kier molecular flexibility index (Phi) is 3.62. The first kappa shape index (κ1) is 12.2. The Morgan fingerprint density at radius 2 is 2.25 bits per heavy atom. The molecule has 0 spiro atoms. The molecule has 0 saturated carbocycles. The van der Waals surface area contributed by atoms with Crippen LogP contribution in [0.3, 0.4) is 0 Å². The summed E-state index contributed by atoms with van der Waals surface area (Å²) in [5.74, 6) is -1.86. The molecule has 3 N–H and O–H groups in total. The number of amides is 1. The highest BCUT2D eigenvalue weighted by Crippen LogP contribution is 2.01. The van der Waals surface area contributed by atoms with Crippen molar-refractivity contribution in [2.75, 3.05) is 6.61 Å². The van der Waals surface area contributed by atoms with Crippen molar-refractivity contribution in [2.24, 2.45) is 7.05 Å². The summed E-state index contributed by atoms with van der Waals surface area (Å²) in [6.45, 7) is 1.06. The molecule has 0 aliphatic rings. The topological polar surface area (TPSA) is 104 Å². The maximum Gasteiger partial charge on any atom is 0.328 e. The Morgan fingerprint density at radius 3 is 2.62 bits per heavy atom. The summed E-state index contributed by atoms with van der Waals surface area (Å²) < 4.78 is 1.35. The van der Waals surface area contributed by atoms with Gasteiger partial charge in [-0.1, -0.05) is 0 Å². The minimum Gasteiger partial charge on any atom is -0.480 e. The predicted octanol–water partition coefficient (Wildman–Crippen LogP) is -1.10. The molecule has 0 aromatic carbocycles. The van der Waals surface area contributed by atoms with Crippen LogP contribution in [0, 0.1) is 6.92 Å². The fourth-order valence-electron chi connectivity index (χ4n) is 1.24. The number of aliphatic carboxylic acids is 1. The smallest absolute Gasteiger partial charge is 0.328 e. The van der Waals surface area contributed by atoms with Crippen molar-refractivity contribution in [1.29, 1.82) is 0 Å². The van der Waals surface area contributed by atoms with E-state index in [1.807, 2.05) is 0 Å². The number of aryl methyl sites for hydroxylation is 2. The predicted molar refractivity (Wildman–Crippen MR) is 53.9 cm³/mol. The van der Waals surface area contributed by atoms with Crippen molar-refractivity contribution in [3.05, 3.63) is 17.5 Å². The molecule has 7 heteroatoms. The van der Waals surface area contributed by atoms with E-state index in [1.54, 1.807) is 14.0 Å². The van der Waals surface area contributed by atoms with Gasteiger partial charge in [-0.3, -0.25) is 9.48 Å². The van der Waals surface area contributed by atoms with Crippen LogP contribution in [-0.2, 0) is 11.8 Å². The molecule has 1 heterocycles. The minimum absolute atomic E-state index is 0.247. The second kappa shape index (κ2) is 4.75. The molecule has 0 aliphatic heterocycles. The summed E-state index contributed by atoms with van der Waals surface area (Å²) in [4.78, 5) is 22.2. The molecule has 16 heavy (non-hydrogen) atoms. The summed E-state index contributed by atoms with van der Waals surface area (Å²) in [7, 11) is 1.58. The zero-order valence-electron chi connectivity index (χ0n) is 8.97. The number of rotatable bonds is 4. The molecule has 0 saturated heterocycles. The fourth-order valence-corrected chi connectivity index (χ4v) is 1.24. The molecular weight excluding hydrogens is 214 g/mol. The van der Waals surface area contributed by atoms with Crippen molar-refractivity contribution in [3.63, 3.8) is 0 Å². The first-order chi connectivity index (χ1) is 7.45. The zero-order valence-corrected chi connectivity index (χ0v) is 8.97. The normalized spacial score (nSPS) is 12.2. The Balaban J connectivity index is 2.79. The number of carbonyl (C=O) groups is 2. The molecule has 1 amide bonds. The van der Waals surface area contributed by atoms with Gasteiger partial charge in [-0.25, -0.2) is 4.79 Å². The molecule has 0 radical (unpaired) electrons. The minimum atomic E-state index is -1.30. The number of carboxylic acid groups (broad SMARTS) is 1. The highest BCUT2D eigenvalue weighted by molar-refractivity contribution is 5.95. The molecule has 1 aromatic heterocycles. The number of carbonyl (C=O) groups excluding carboxylic acids is 1. The lowest BCUT2D eigenvalue weighted by Gasteiger charge is -2.11. The summed E-state index contributed by atoms with van der Waals surface area (Å²) >= 11 is 0. The number of aliphatic hydroxyl groups is 1. The molecule has 0 aliphatic carbocycles. The maximum absolute atomic E-state index is 11.6. The van der Waals surface area contributed by atoms with Gasteiger partial charge in [-0.2, -0.15) is 5.10 Å². The molecule has 1 aromatic rings. The summed E-state index contributed by atoms with van der Waals surface area (Å²) in [6, 6.07) is 0.230. The highest BCUT2D eigenvalue weighted by atomic mass is 16.4. The van der Waals surface area contributed by atoms with E-state index in [2.05, 4.69) is 10.4 Å². The van der Waals surface area contributed by atoms with Gasteiger partial charge in [0.2, 0.25) is 0 Å². The number of nitrogens with one attached hydrogen (secondary N) is 1. The molecule has 7 nitrogen and oxygen atoms in total. The van der Waals surface area contributed by atoms with E-state index in [0.29, 0.717) is 5.69 Å². The van der Waals surface area contributed by atoms with Gasteiger partial charge in [0.1, 0.15) is 5.69 Å². The lowest BCUT2D eigenvalue weighted by Crippen LogP contribution is -2.43. The van der Waals surface area contributed by atoms with E-state index in [0.717, 1.165) is 0 Å². The van der Waals surface area contributed by atoms with Gasteiger partial charge in [0, 0.05) is 7.05 Å². The summed E-state index contributed by atoms with van der Waals surface area (Å²) in [5, 5.41) is 23.5. The number of aliphatic hydroxyl groups excluding tert-OH is 1. The third-order valence-corrected chi connectivity index (χ3v) is 2.02. The van der Waals surface area contributed by atoms with Gasteiger partial charge >= 0.3 is 5.97 Å². The molecule has 1 atom stereocenters. The van der Waals surface area contributed by atoms with E-state index in [1.165, 1.54) is 10.7 Å². The van der Waals surface area contributed by atoms with Gasteiger partial charge in [-0.05, 0) is 13.0 Å². The molecule has 1 unspecified atom stereocenters.